The Morgan fingerprint density at radius 3 is 2.67 bits per heavy atom. The number of likely N-dealkylation sites (tertiary alicyclic amines) is 1. The largest absolute Gasteiger partial charge is 0.507 e. The molecule has 5 nitrogen and oxygen atoms in total. The van der Waals surface area contributed by atoms with Gasteiger partial charge in [0.25, 0.3) is 5.91 Å². The van der Waals surface area contributed by atoms with Crippen LogP contribution in [0.1, 0.15) is 23.2 Å². The molecule has 1 aliphatic rings. The first kappa shape index (κ1) is 12.7. The minimum absolute atomic E-state index is 0.00843. The first-order valence-corrected chi connectivity index (χ1v) is 6.13. The van der Waals surface area contributed by atoms with Crippen molar-refractivity contribution < 1.29 is 15.0 Å². The molecule has 0 radical (unpaired) electrons. The fourth-order valence-electron chi connectivity index (χ4n) is 2.39. The number of rotatable bonds is 3. The Morgan fingerprint density at radius 1 is 1.39 bits per heavy atom. The van der Waals surface area contributed by atoms with Gasteiger partial charge < -0.3 is 20.8 Å². The van der Waals surface area contributed by atoms with E-state index in [0.717, 1.165) is 12.8 Å². The highest BCUT2D eigenvalue weighted by atomic mass is 16.3. The minimum atomic E-state index is -0.315. The topological polar surface area (TPSA) is 86.8 Å². The summed E-state index contributed by atoms with van der Waals surface area (Å²) in [7, 11) is 0. The van der Waals surface area contributed by atoms with Gasteiger partial charge in [0, 0.05) is 13.1 Å². The van der Waals surface area contributed by atoms with Crippen molar-refractivity contribution in [3.8, 4) is 11.5 Å². The number of phenols is 2. The lowest BCUT2D eigenvalue weighted by atomic mass is 10.1. The van der Waals surface area contributed by atoms with Gasteiger partial charge in [-0.2, -0.15) is 0 Å². The van der Waals surface area contributed by atoms with Crippen LogP contribution in [0, 0.1) is 5.92 Å². The van der Waals surface area contributed by atoms with E-state index in [1.54, 1.807) is 4.90 Å². The number of aromatic hydroxyl groups is 2. The van der Waals surface area contributed by atoms with Crippen molar-refractivity contribution in [1.82, 2.24) is 4.90 Å². The van der Waals surface area contributed by atoms with Crippen LogP contribution in [0.4, 0.5) is 0 Å². The lowest BCUT2D eigenvalue weighted by Crippen LogP contribution is -2.29. The molecule has 0 aromatic heterocycles. The van der Waals surface area contributed by atoms with Crippen LogP contribution in [-0.4, -0.2) is 40.7 Å². The molecule has 0 saturated carbocycles. The van der Waals surface area contributed by atoms with Gasteiger partial charge in [-0.3, -0.25) is 4.79 Å². The third kappa shape index (κ3) is 2.41. The average Bonchev–Trinajstić information content (AvgIpc) is 2.78. The summed E-state index contributed by atoms with van der Waals surface area (Å²) in [6.07, 6.45) is 1.83. The monoisotopic (exact) mass is 250 g/mol. The number of benzene rings is 1. The third-order valence-corrected chi connectivity index (χ3v) is 3.38. The molecule has 0 bridgehead atoms. The Bertz CT molecular complexity index is 428. The summed E-state index contributed by atoms with van der Waals surface area (Å²) in [5.74, 6) is -0.249. The Labute approximate surface area is 106 Å². The van der Waals surface area contributed by atoms with Crippen molar-refractivity contribution in [1.29, 1.82) is 0 Å². The van der Waals surface area contributed by atoms with Gasteiger partial charge in [0.1, 0.15) is 17.1 Å². The van der Waals surface area contributed by atoms with E-state index >= 15 is 0 Å². The van der Waals surface area contributed by atoms with E-state index < -0.39 is 0 Å². The zero-order valence-electron chi connectivity index (χ0n) is 10.2. The van der Waals surface area contributed by atoms with Crippen LogP contribution in [0.3, 0.4) is 0 Å². The number of carbonyl (C=O) groups excluding carboxylic acids is 1. The lowest BCUT2D eigenvalue weighted by molar-refractivity contribution is 0.0780. The summed E-state index contributed by atoms with van der Waals surface area (Å²) in [5.41, 5.74) is 5.50. The van der Waals surface area contributed by atoms with Gasteiger partial charge in [-0.15, -0.1) is 0 Å². The molecule has 1 fully saturated rings. The maximum atomic E-state index is 12.2. The van der Waals surface area contributed by atoms with Crippen LogP contribution in [-0.2, 0) is 0 Å². The van der Waals surface area contributed by atoms with E-state index in [-0.39, 0.29) is 23.0 Å². The van der Waals surface area contributed by atoms with Gasteiger partial charge in [0.15, 0.2) is 0 Å². The molecular weight excluding hydrogens is 232 g/mol. The number of carbonyl (C=O) groups is 1. The van der Waals surface area contributed by atoms with E-state index in [1.807, 2.05) is 0 Å². The highest BCUT2D eigenvalue weighted by molar-refractivity contribution is 5.99. The molecule has 98 valence electrons. The SMILES string of the molecule is NCCC1CCN(C(=O)c2c(O)cccc2O)C1. The van der Waals surface area contributed by atoms with Crippen molar-refractivity contribution in [3.05, 3.63) is 23.8 Å². The van der Waals surface area contributed by atoms with Gasteiger partial charge in [-0.1, -0.05) is 6.07 Å². The van der Waals surface area contributed by atoms with Crippen molar-refractivity contribution in [2.75, 3.05) is 19.6 Å². The number of nitrogens with two attached hydrogens (primary N) is 1. The molecule has 4 N–H and O–H groups in total. The fraction of sp³-hybridized carbons (Fsp3) is 0.462. The van der Waals surface area contributed by atoms with Crippen molar-refractivity contribution in [3.63, 3.8) is 0 Å². The van der Waals surface area contributed by atoms with Crippen LogP contribution in [0.2, 0.25) is 0 Å². The Kier molecular flexibility index (Phi) is 3.72. The van der Waals surface area contributed by atoms with Gasteiger partial charge in [-0.25, -0.2) is 0 Å². The summed E-state index contributed by atoms with van der Waals surface area (Å²) >= 11 is 0. The average molecular weight is 250 g/mol. The zero-order chi connectivity index (χ0) is 13.1. The van der Waals surface area contributed by atoms with E-state index in [0.29, 0.717) is 25.6 Å². The van der Waals surface area contributed by atoms with Gasteiger partial charge in [-0.05, 0) is 37.4 Å². The molecule has 2 rings (SSSR count). The summed E-state index contributed by atoms with van der Waals surface area (Å²) in [4.78, 5) is 13.9. The number of amides is 1. The highest BCUT2D eigenvalue weighted by Gasteiger charge is 2.29. The third-order valence-electron chi connectivity index (χ3n) is 3.38. The number of hydrogen-bond acceptors (Lipinski definition) is 4. The number of hydrogen-bond donors (Lipinski definition) is 3. The van der Waals surface area contributed by atoms with Crippen LogP contribution in [0.25, 0.3) is 0 Å². The predicted octanol–water partition coefficient (Wildman–Crippen LogP) is 0.909. The Hall–Kier alpha value is -1.75. The van der Waals surface area contributed by atoms with Crippen LogP contribution >= 0.6 is 0 Å². The molecule has 1 aromatic rings. The number of phenolic OH excluding ortho intramolecular Hbond substituents is 2. The molecule has 1 heterocycles. The second-order valence-corrected chi connectivity index (χ2v) is 4.65. The lowest BCUT2D eigenvalue weighted by Gasteiger charge is -2.17. The molecule has 1 saturated heterocycles. The first-order valence-electron chi connectivity index (χ1n) is 6.13. The smallest absolute Gasteiger partial charge is 0.261 e. The van der Waals surface area contributed by atoms with Gasteiger partial charge in [0.05, 0.1) is 0 Å². The maximum Gasteiger partial charge on any atom is 0.261 e. The number of nitrogens with zero attached hydrogens (tertiary/aromatic N) is 1. The second kappa shape index (κ2) is 5.27. The molecule has 1 atom stereocenters. The van der Waals surface area contributed by atoms with Crippen molar-refractivity contribution in [2.24, 2.45) is 11.7 Å². The van der Waals surface area contributed by atoms with Crippen molar-refractivity contribution in [2.45, 2.75) is 12.8 Å². The molecule has 1 unspecified atom stereocenters. The summed E-state index contributed by atoms with van der Waals surface area (Å²) in [6, 6.07) is 4.31. The molecule has 1 aromatic carbocycles. The molecule has 18 heavy (non-hydrogen) atoms. The van der Waals surface area contributed by atoms with E-state index in [4.69, 9.17) is 5.73 Å². The molecule has 1 aliphatic heterocycles. The molecule has 0 spiro atoms. The Morgan fingerprint density at radius 2 is 2.06 bits per heavy atom. The normalized spacial score (nSPS) is 19.2. The summed E-state index contributed by atoms with van der Waals surface area (Å²) in [6.45, 7) is 1.91. The zero-order valence-corrected chi connectivity index (χ0v) is 10.2. The highest BCUT2D eigenvalue weighted by Crippen LogP contribution is 2.30. The van der Waals surface area contributed by atoms with Crippen molar-refractivity contribution >= 4 is 5.91 Å². The molecular formula is C13H18N2O3. The van der Waals surface area contributed by atoms with Crippen LogP contribution in [0.5, 0.6) is 11.5 Å². The quantitative estimate of drug-likeness (QED) is 0.744. The molecule has 0 aliphatic carbocycles. The fourth-order valence-corrected chi connectivity index (χ4v) is 2.39. The van der Waals surface area contributed by atoms with Crippen LogP contribution in [0.15, 0.2) is 18.2 Å². The predicted molar refractivity (Wildman–Crippen MR) is 67.5 cm³/mol. The first-order chi connectivity index (χ1) is 8.63. The van der Waals surface area contributed by atoms with Gasteiger partial charge in [0.2, 0.25) is 0 Å². The Balaban J connectivity index is 2.13. The van der Waals surface area contributed by atoms with Crippen LogP contribution < -0.4 is 5.73 Å². The van der Waals surface area contributed by atoms with Gasteiger partial charge >= 0.3 is 0 Å². The summed E-state index contributed by atoms with van der Waals surface area (Å²) in [5, 5.41) is 19.3. The standard InChI is InChI=1S/C13H18N2O3/c14-6-4-9-5-7-15(8-9)13(18)12-10(16)2-1-3-11(12)17/h1-3,9,16-17H,4-8,14H2. The molecule has 5 heteroatoms. The summed E-state index contributed by atoms with van der Waals surface area (Å²) < 4.78 is 0. The second-order valence-electron chi connectivity index (χ2n) is 4.65. The molecule has 1 amide bonds. The van der Waals surface area contributed by atoms with E-state index in [1.165, 1.54) is 18.2 Å². The maximum absolute atomic E-state index is 12.2. The minimum Gasteiger partial charge on any atom is -0.507 e. The van der Waals surface area contributed by atoms with E-state index in [9.17, 15) is 15.0 Å². The van der Waals surface area contributed by atoms with E-state index in [2.05, 4.69) is 0 Å².